The van der Waals surface area contributed by atoms with E-state index in [1.807, 2.05) is 54.6 Å². The van der Waals surface area contributed by atoms with Crippen molar-refractivity contribution < 1.29 is 38.4 Å². The van der Waals surface area contributed by atoms with Crippen molar-refractivity contribution in [3.63, 3.8) is 0 Å². The van der Waals surface area contributed by atoms with Crippen LogP contribution < -0.4 is 4.66 Å². The van der Waals surface area contributed by atoms with Crippen molar-refractivity contribution in [1.82, 2.24) is 0 Å². The van der Waals surface area contributed by atoms with Crippen molar-refractivity contribution in [1.29, 1.82) is 0 Å². The number of para-hydroxylation sites is 1. The average Bonchev–Trinajstić information content (AvgIpc) is 2.46. The Bertz CT molecular complexity index is 749. The van der Waals surface area contributed by atoms with E-state index in [1.54, 1.807) is 6.07 Å². The summed E-state index contributed by atoms with van der Waals surface area (Å²) in [4.78, 5) is 0. The van der Waals surface area contributed by atoms with Crippen molar-refractivity contribution in [3.8, 4) is 17.1 Å². The molecule has 0 saturated carbocycles. The van der Waals surface area contributed by atoms with Gasteiger partial charge in [0.05, 0.1) is 10.9 Å². The molecule has 0 aliphatic heterocycles. The average molecular weight is 326 g/mol. The fourth-order valence-corrected chi connectivity index (χ4v) is 1.86. The first kappa shape index (κ1) is 16.2. The van der Waals surface area contributed by atoms with Gasteiger partial charge in [0.1, 0.15) is 0 Å². The minimum atomic E-state index is -4.19. The maximum atomic E-state index is 9.97. The van der Waals surface area contributed by atoms with E-state index in [2.05, 4.69) is 0 Å². The third-order valence-corrected chi connectivity index (χ3v) is 2.69. The van der Waals surface area contributed by atoms with E-state index in [9.17, 15) is 5.11 Å². The molecule has 6 nitrogen and oxygen atoms in total. The second-order valence-corrected chi connectivity index (χ2v) is 5.17. The van der Waals surface area contributed by atoms with E-state index >= 15 is 0 Å². The van der Waals surface area contributed by atoms with Gasteiger partial charge in [0, 0.05) is 12.1 Å². The van der Waals surface area contributed by atoms with Gasteiger partial charge in [-0.3, -0.25) is 0 Å². The number of hydrogen-bond acceptors (Lipinski definition) is 5. The molecular weight excluding hydrogens is 312 g/mol. The third-order valence-electron chi connectivity index (χ3n) is 2.69. The number of benzene rings is 2. The Hall–Kier alpha value is -2.22. The molecule has 0 atom stereocenters. The SMILES string of the molecule is Oc1cc2ccccc2[o+]c1-c1ccccc1.[O-][Cl+](O)(O)O. The Labute approximate surface area is 127 Å². The van der Waals surface area contributed by atoms with E-state index in [1.165, 1.54) is 0 Å². The van der Waals surface area contributed by atoms with E-state index in [0.29, 0.717) is 5.76 Å². The maximum absolute atomic E-state index is 9.97. The Kier molecular flexibility index (Phi) is 4.92. The van der Waals surface area contributed by atoms with E-state index in [4.69, 9.17) is 23.1 Å². The molecule has 1 heterocycles. The summed E-state index contributed by atoms with van der Waals surface area (Å²) in [5.74, 6) is 0.666. The van der Waals surface area contributed by atoms with Crippen molar-refractivity contribution in [2.24, 2.45) is 0 Å². The molecule has 0 amide bonds. The van der Waals surface area contributed by atoms with Crippen molar-refractivity contribution >= 4 is 11.0 Å². The molecule has 2 aromatic carbocycles. The van der Waals surface area contributed by atoms with Crippen molar-refractivity contribution in [2.75, 3.05) is 0 Å². The van der Waals surface area contributed by atoms with Gasteiger partial charge in [0.2, 0.25) is 5.75 Å². The molecule has 0 radical (unpaired) electrons. The first-order chi connectivity index (χ1) is 10.3. The molecule has 7 heteroatoms. The number of halogens is 1. The zero-order valence-electron chi connectivity index (χ0n) is 11.3. The Morgan fingerprint density at radius 3 is 2.05 bits per heavy atom. The van der Waals surface area contributed by atoms with Crippen LogP contribution in [0, 0.1) is 10.2 Å². The summed E-state index contributed by atoms with van der Waals surface area (Å²) in [6.07, 6.45) is 0. The summed E-state index contributed by atoms with van der Waals surface area (Å²) in [6.45, 7) is 0. The minimum absolute atomic E-state index is 0.162. The molecule has 1 aromatic heterocycles. The molecule has 0 aliphatic rings. The molecule has 0 spiro atoms. The fraction of sp³-hybridized carbons (Fsp3) is 0. The fourth-order valence-electron chi connectivity index (χ4n) is 1.86. The molecule has 0 bridgehead atoms. The van der Waals surface area contributed by atoms with Gasteiger partial charge >= 0.3 is 40.2 Å². The van der Waals surface area contributed by atoms with E-state index < -0.39 is 10.2 Å². The zero-order valence-corrected chi connectivity index (χ0v) is 12.0. The van der Waals surface area contributed by atoms with Crippen LogP contribution in [0.5, 0.6) is 5.75 Å². The monoisotopic (exact) mass is 325 g/mol. The van der Waals surface area contributed by atoms with Crippen LogP contribution in [-0.4, -0.2) is 19.1 Å². The summed E-state index contributed by atoms with van der Waals surface area (Å²) >= 11 is 0. The van der Waals surface area contributed by atoms with Crippen LogP contribution in [0.15, 0.2) is 65.1 Å². The summed E-state index contributed by atoms with van der Waals surface area (Å²) < 4.78 is 36.0. The Balaban J connectivity index is 0.000000309. The molecule has 22 heavy (non-hydrogen) atoms. The summed E-state index contributed by atoms with van der Waals surface area (Å²) in [6, 6.07) is 18.9. The van der Waals surface area contributed by atoms with Gasteiger partial charge in [-0.1, -0.05) is 30.3 Å². The number of hydrogen-bond donors (Lipinski definition) is 4. The summed E-state index contributed by atoms with van der Waals surface area (Å²) in [5, 5.41) is 10.9. The van der Waals surface area contributed by atoms with Gasteiger partial charge in [-0.15, -0.1) is 0 Å². The third kappa shape index (κ3) is 4.66. The van der Waals surface area contributed by atoms with Gasteiger partial charge < -0.3 is 5.11 Å². The van der Waals surface area contributed by atoms with Crippen molar-refractivity contribution in [2.45, 2.75) is 0 Å². The van der Waals surface area contributed by atoms with Crippen molar-refractivity contribution in [3.05, 3.63) is 60.7 Å². The summed E-state index contributed by atoms with van der Waals surface area (Å²) in [5.41, 5.74) is 1.64. The van der Waals surface area contributed by atoms with E-state index in [-0.39, 0.29) is 5.75 Å². The number of fused-ring (bicyclic) bond motifs is 1. The quantitative estimate of drug-likeness (QED) is 0.500. The number of rotatable bonds is 1. The van der Waals surface area contributed by atoms with Crippen LogP contribution in [0.2, 0.25) is 0 Å². The predicted molar refractivity (Wildman–Crippen MR) is 74.4 cm³/mol. The molecule has 0 unspecified atom stereocenters. The molecule has 0 aliphatic carbocycles. The topological polar surface area (TPSA) is 115 Å². The van der Waals surface area contributed by atoms with Crippen LogP contribution in [0.3, 0.4) is 0 Å². The molecular formula is C15H14ClO6+. The first-order valence-corrected chi connectivity index (χ1v) is 7.43. The molecule has 116 valence electrons. The van der Waals surface area contributed by atoms with Crippen LogP contribution in [0.25, 0.3) is 22.3 Å². The van der Waals surface area contributed by atoms with Crippen LogP contribution >= 0.6 is 0 Å². The van der Waals surface area contributed by atoms with Crippen LogP contribution in [0.4, 0.5) is 0 Å². The zero-order chi connectivity index (χ0) is 16.2. The second-order valence-electron chi connectivity index (χ2n) is 4.30. The van der Waals surface area contributed by atoms with E-state index in [0.717, 1.165) is 16.5 Å². The van der Waals surface area contributed by atoms with Crippen LogP contribution in [-0.2, 0) is 0 Å². The Morgan fingerprint density at radius 2 is 1.41 bits per heavy atom. The van der Waals surface area contributed by atoms with Gasteiger partial charge in [-0.25, -0.2) is 4.42 Å². The van der Waals surface area contributed by atoms with Gasteiger partial charge in [-0.05, 0) is 18.2 Å². The van der Waals surface area contributed by atoms with Gasteiger partial charge in [0.25, 0.3) is 0 Å². The number of aromatic hydroxyl groups is 1. The molecule has 4 N–H and O–H groups in total. The molecule has 0 fully saturated rings. The molecule has 0 saturated heterocycles. The standard InChI is InChI=1S/C15H10O2.ClH3O4/c16-13-10-12-8-4-5-9-14(12)17-15(13)11-6-2-1-3-7-11;2-1(3,4)5/h1-10H;2-4H/p+1. The normalized spacial score (nSPS) is 11.6. The van der Waals surface area contributed by atoms with Gasteiger partial charge in [0.15, 0.2) is 0 Å². The predicted octanol–water partition coefficient (Wildman–Crippen LogP) is 1.23. The van der Waals surface area contributed by atoms with Gasteiger partial charge in [-0.2, -0.15) is 0 Å². The summed E-state index contributed by atoms with van der Waals surface area (Å²) in [7, 11) is -4.19. The van der Waals surface area contributed by atoms with Crippen LogP contribution in [0.1, 0.15) is 0 Å². The molecule has 3 rings (SSSR count). The molecule has 3 aromatic rings. The Morgan fingerprint density at radius 1 is 0.864 bits per heavy atom. The second kappa shape index (κ2) is 6.69. The first-order valence-electron chi connectivity index (χ1n) is 6.11.